The first kappa shape index (κ1) is 12.3. The van der Waals surface area contributed by atoms with Crippen molar-refractivity contribution in [3.8, 4) is 0 Å². The van der Waals surface area contributed by atoms with E-state index in [1.165, 1.54) is 0 Å². The molecule has 0 saturated heterocycles. The summed E-state index contributed by atoms with van der Waals surface area (Å²) < 4.78 is 14.4. The second kappa shape index (κ2) is 4.97. The van der Waals surface area contributed by atoms with Crippen LogP contribution in [-0.4, -0.2) is 14.7 Å². The van der Waals surface area contributed by atoms with E-state index in [1.54, 1.807) is 24.3 Å². The van der Waals surface area contributed by atoms with E-state index in [0.29, 0.717) is 5.56 Å². The third kappa shape index (κ3) is 2.38. The van der Waals surface area contributed by atoms with Gasteiger partial charge >= 0.3 is 5.69 Å². The summed E-state index contributed by atoms with van der Waals surface area (Å²) >= 11 is 0. The topological polar surface area (TPSA) is 81.1 Å². The van der Waals surface area contributed by atoms with Crippen molar-refractivity contribution < 1.29 is 9.50 Å². The SMILES string of the molecule is Nc1nc(=O)n(Cc2ccccc2CO)cc1F. The highest BCUT2D eigenvalue weighted by Crippen LogP contribution is 2.10. The third-order valence-corrected chi connectivity index (χ3v) is 2.61. The van der Waals surface area contributed by atoms with E-state index in [0.717, 1.165) is 16.3 Å². The molecule has 1 aromatic carbocycles. The average molecular weight is 249 g/mol. The molecule has 0 aliphatic heterocycles. The van der Waals surface area contributed by atoms with Crippen LogP contribution < -0.4 is 11.4 Å². The Hall–Kier alpha value is -2.21. The fraction of sp³-hybridized carbons (Fsp3) is 0.167. The number of hydrogen-bond donors (Lipinski definition) is 2. The molecule has 0 amide bonds. The minimum atomic E-state index is -0.740. The lowest BCUT2D eigenvalue weighted by Gasteiger charge is -2.09. The Morgan fingerprint density at radius 3 is 2.67 bits per heavy atom. The van der Waals surface area contributed by atoms with E-state index in [-0.39, 0.29) is 13.2 Å². The first-order valence-corrected chi connectivity index (χ1v) is 5.32. The first-order valence-electron chi connectivity index (χ1n) is 5.32. The van der Waals surface area contributed by atoms with Gasteiger partial charge in [-0.05, 0) is 11.1 Å². The Morgan fingerprint density at radius 1 is 1.33 bits per heavy atom. The van der Waals surface area contributed by atoms with Crippen LogP contribution >= 0.6 is 0 Å². The maximum atomic E-state index is 13.2. The first-order chi connectivity index (χ1) is 8.61. The number of halogens is 1. The summed E-state index contributed by atoms with van der Waals surface area (Å²) in [6.45, 7) is -0.00439. The van der Waals surface area contributed by atoms with Crippen LogP contribution in [0.5, 0.6) is 0 Å². The molecule has 0 aliphatic rings. The minimum absolute atomic E-state index is 0.139. The molecule has 6 heteroatoms. The normalized spacial score (nSPS) is 10.6. The summed E-state index contributed by atoms with van der Waals surface area (Å²) in [5, 5.41) is 9.17. The molecule has 0 aliphatic carbocycles. The van der Waals surface area contributed by atoms with Gasteiger partial charge in [0.2, 0.25) is 0 Å². The predicted octanol–water partition coefficient (Wildman–Crippen LogP) is 0.505. The van der Waals surface area contributed by atoms with E-state index in [1.807, 2.05) is 0 Å². The third-order valence-electron chi connectivity index (χ3n) is 2.61. The van der Waals surface area contributed by atoms with Crippen LogP contribution in [0.1, 0.15) is 11.1 Å². The molecule has 3 N–H and O–H groups in total. The lowest BCUT2D eigenvalue weighted by Crippen LogP contribution is -2.25. The molecule has 0 atom stereocenters. The van der Waals surface area contributed by atoms with Gasteiger partial charge in [0, 0.05) is 6.20 Å². The monoisotopic (exact) mass is 249 g/mol. The molecule has 18 heavy (non-hydrogen) atoms. The molecule has 0 saturated carbocycles. The molecule has 2 rings (SSSR count). The van der Waals surface area contributed by atoms with Crippen LogP contribution in [0.25, 0.3) is 0 Å². The van der Waals surface area contributed by atoms with Gasteiger partial charge in [0.05, 0.1) is 13.2 Å². The highest BCUT2D eigenvalue weighted by molar-refractivity contribution is 5.29. The molecular weight excluding hydrogens is 237 g/mol. The molecule has 1 aromatic heterocycles. The predicted molar refractivity (Wildman–Crippen MR) is 64.3 cm³/mol. The molecule has 0 fully saturated rings. The lowest BCUT2D eigenvalue weighted by atomic mass is 10.1. The van der Waals surface area contributed by atoms with Gasteiger partial charge in [-0.2, -0.15) is 4.98 Å². The van der Waals surface area contributed by atoms with E-state index in [2.05, 4.69) is 4.98 Å². The van der Waals surface area contributed by atoms with Crippen LogP contribution in [0.2, 0.25) is 0 Å². The Labute approximate surface area is 102 Å². The summed E-state index contributed by atoms with van der Waals surface area (Å²) in [5.41, 5.74) is 5.99. The van der Waals surface area contributed by atoms with Crippen LogP contribution in [0.3, 0.4) is 0 Å². The van der Waals surface area contributed by atoms with Gasteiger partial charge in [0.25, 0.3) is 0 Å². The number of anilines is 1. The number of benzene rings is 1. The van der Waals surface area contributed by atoms with Crippen molar-refractivity contribution in [1.82, 2.24) is 9.55 Å². The fourth-order valence-electron chi connectivity index (χ4n) is 1.64. The lowest BCUT2D eigenvalue weighted by molar-refractivity contribution is 0.280. The minimum Gasteiger partial charge on any atom is -0.392 e. The highest BCUT2D eigenvalue weighted by Gasteiger charge is 2.07. The number of aliphatic hydroxyl groups is 1. The summed E-state index contributed by atoms with van der Waals surface area (Å²) in [6.07, 6.45) is 1.01. The van der Waals surface area contributed by atoms with Crippen molar-refractivity contribution in [2.45, 2.75) is 13.2 Å². The Kier molecular flexibility index (Phi) is 3.38. The molecule has 1 heterocycles. The number of aliphatic hydroxyl groups excluding tert-OH is 1. The summed E-state index contributed by atoms with van der Waals surface area (Å²) in [7, 11) is 0. The Bertz CT molecular complexity index is 625. The largest absolute Gasteiger partial charge is 0.392 e. The van der Waals surface area contributed by atoms with Crippen molar-refractivity contribution in [3.05, 3.63) is 57.9 Å². The van der Waals surface area contributed by atoms with Gasteiger partial charge in [0.1, 0.15) is 0 Å². The molecule has 94 valence electrons. The zero-order chi connectivity index (χ0) is 13.1. The number of nitrogens with zero attached hydrogens (tertiary/aromatic N) is 2. The second-order valence-corrected chi connectivity index (χ2v) is 3.81. The second-order valence-electron chi connectivity index (χ2n) is 3.81. The van der Waals surface area contributed by atoms with Crippen LogP contribution in [-0.2, 0) is 13.2 Å². The maximum absolute atomic E-state index is 13.2. The van der Waals surface area contributed by atoms with Gasteiger partial charge in [0.15, 0.2) is 11.6 Å². The standard InChI is InChI=1S/C12H12FN3O2/c13-10-6-16(12(18)15-11(10)14)5-8-3-1-2-4-9(8)7-17/h1-4,6,17H,5,7H2,(H2,14,15,18). The highest BCUT2D eigenvalue weighted by atomic mass is 19.1. The average Bonchev–Trinajstić information content (AvgIpc) is 2.36. The van der Waals surface area contributed by atoms with Crippen molar-refractivity contribution >= 4 is 5.82 Å². The van der Waals surface area contributed by atoms with Gasteiger partial charge in [-0.15, -0.1) is 0 Å². The van der Waals surface area contributed by atoms with Crippen molar-refractivity contribution in [2.24, 2.45) is 0 Å². The van der Waals surface area contributed by atoms with Gasteiger partial charge in [-0.3, -0.25) is 4.57 Å². The van der Waals surface area contributed by atoms with Gasteiger partial charge < -0.3 is 10.8 Å². The summed E-state index contributed by atoms with van der Waals surface area (Å²) in [5.74, 6) is -1.15. The van der Waals surface area contributed by atoms with Crippen LogP contribution in [0.15, 0.2) is 35.3 Å². The molecule has 5 nitrogen and oxygen atoms in total. The molecular formula is C12H12FN3O2. The quantitative estimate of drug-likeness (QED) is 0.830. The van der Waals surface area contributed by atoms with Crippen molar-refractivity contribution in [3.63, 3.8) is 0 Å². The Balaban J connectivity index is 2.40. The number of nitrogen functional groups attached to an aromatic ring is 1. The maximum Gasteiger partial charge on any atom is 0.350 e. The molecule has 0 unspecified atom stereocenters. The van der Waals surface area contributed by atoms with E-state index in [9.17, 15) is 9.18 Å². The molecule has 0 bridgehead atoms. The van der Waals surface area contributed by atoms with E-state index < -0.39 is 17.3 Å². The number of nitrogens with two attached hydrogens (primary N) is 1. The van der Waals surface area contributed by atoms with Gasteiger partial charge in [-0.1, -0.05) is 24.3 Å². The summed E-state index contributed by atoms with van der Waals surface area (Å²) in [4.78, 5) is 14.9. The van der Waals surface area contributed by atoms with E-state index >= 15 is 0 Å². The zero-order valence-corrected chi connectivity index (χ0v) is 9.51. The van der Waals surface area contributed by atoms with Crippen molar-refractivity contribution in [1.29, 1.82) is 0 Å². The van der Waals surface area contributed by atoms with Gasteiger partial charge in [-0.25, -0.2) is 9.18 Å². The summed E-state index contributed by atoms with van der Waals surface area (Å²) in [6, 6.07) is 7.05. The molecule has 0 spiro atoms. The van der Waals surface area contributed by atoms with E-state index in [4.69, 9.17) is 10.8 Å². The number of hydrogen-bond acceptors (Lipinski definition) is 4. The smallest absolute Gasteiger partial charge is 0.350 e. The molecule has 0 radical (unpaired) electrons. The molecule has 2 aromatic rings. The Morgan fingerprint density at radius 2 is 2.00 bits per heavy atom. The van der Waals surface area contributed by atoms with Crippen LogP contribution in [0, 0.1) is 5.82 Å². The number of rotatable bonds is 3. The fourth-order valence-corrected chi connectivity index (χ4v) is 1.64. The number of aromatic nitrogens is 2. The zero-order valence-electron chi connectivity index (χ0n) is 9.51. The van der Waals surface area contributed by atoms with Crippen molar-refractivity contribution in [2.75, 3.05) is 5.73 Å². The van der Waals surface area contributed by atoms with Crippen LogP contribution in [0.4, 0.5) is 10.2 Å².